The minimum absolute atomic E-state index is 0.0185. The topological polar surface area (TPSA) is 45.7 Å². The Morgan fingerprint density at radius 3 is 2.32 bits per heavy atom. The summed E-state index contributed by atoms with van der Waals surface area (Å²) in [7, 11) is 0. The summed E-state index contributed by atoms with van der Waals surface area (Å²) in [6, 6.07) is 20.5. The lowest BCUT2D eigenvalue weighted by molar-refractivity contribution is -0.692. The number of thiophene rings is 1. The smallest absolute Gasteiger partial charge is 0.275 e. The normalized spacial score (nSPS) is 13.3. The summed E-state index contributed by atoms with van der Waals surface area (Å²) in [5.74, 6) is 0.0566. The third kappa shape index (κ3) is 5.27. The second-order valence-electron chi connectivity index (χ2n) is 7.19. The Bertz CT molecular complexity index is 863. The van der Waals surface area contributed by atoms with Gasteiger partial charge in [-0.1, -0.05) is 62.4 Å². The highest BCUT2D eigenvalue weighted by Gasteiger charge is 2.23. The van der Waals surface area contributed by atoms with Crippen LogP contribution in [0.25, 0.3) is 0 Å². The molecular weight excluding hydrogens is 371 g/mol. The fourth-order valence-electron chi connectivity index (χ4n) is 3.35. The first-order valence-corrected chi connectivity index (χ1v) is 10.4. The highest BCUT2D eigenvalue weighted by atomic mass is 32.1. The Balaban J connectivity index is 1.68. The molecule has 3 aromatic rings. The molecule has 0 aliphatic rings. The molecule has 0 spiro atoms. The van der Waals surface area contributed by atoms with Gasteiger partial charge in [0.1, 0.15) is 11.9 Å². The van der Waals surface area contributed by atoms with Crippen LogP contribution < -0.4 is 10.6 Å². The molecule has 1 heterocycles. The predicted molar refractivity (Wildman–Crippen MR) is 112 cm³/mol. The summed E-state index contributed by atoms with van der Waals surface area (Å²) in [5, 5.41) is 7.22. The first-order valence-electron chi connectivity index (χ1n) is 9.51. The van der Waals surface area contributed by atoms with E-state index in [0.29, 0.717) is 12.5 Å². The maximum atomic E-state index is 13.2. The number of benzene rings is 2. The van der Waals surface area contributed by atoms with Gasteiger partial charge in [-0.15, -0.1) is 11.3 Å². The molecule has 3 N–H and O–H groups in total. The summed E-state index contributed by atoms with van der Waals surface area (Å²) in [4.78, 5) is 13.8. The summed E-state index contributed by atoms with van der Waals surface area (Å²) in [6.07, 6.45) is 0. The molecule has 2 aromatic carbocycles. The monoisotopic (exact) mass is 397 g/mol. The largest absolute Gasteiger partial charge is 0.339 e. The van der Waals surface area contributed by atoms with E-state index in [1.807, 2.05) is 53.2 Å². The van der Waals surface area contributed by atoms with Crippen molar-refractivity contribution >= 4 is 17.2 Å². The number of carbonyl (C=O) groups is 1. The summed E-state index contributed by atoms with van der Waals surface area (Å²) < 4.78 is 13.2. The number of nitrogens with two attached hydrogens (primary N) is 1. The number of hydrogen-bond acceptors (Lipinski definition) is 2. The van der Waals surface area contributed by atoms with E-state index in [0.717, 1.165) is 16.0 Å². The van der Waals surface area contributed by atoms with Crippen LogP contribution in [-0.4, -0.2) is 12.5 Å². The number of halogens is 1. The number of rotatable bonds is 8. The SMILES string of the molecule is CC(C)[C@@H]([NH2+]CC(=O)N[C@H](c1ccccc1)c1cccs1)c1ccc(F)cc1. The third-order valence-electron chi connectivity index (χ3n) is 4.80. The second-order valence-corrected chi connectivity index (χ2v) is 8.17. The fourth-order valence-corrected chi connectivity index (χ4v) is 4.15. The Hall–Kier alpha value is -2.50. The number of quaternary nitrogens is 1. The van der Waals surface area contributed by atoms with Crippen molar-refractivity contribution in [1.29, 1.82) is 0 Å². The van der Waals surface area contributed by atoms with E-state index in [4.69, 9.17) is 0 Å². The lowest BCUT2D eigenvalue weighted by atomic mass is 9.96. The zero-order chi connectivity index (χ0) is 19.9. The van der Waals surface area contributed by atoms with Crippen LogP contribution in [0.3, 0.4) is 0 Å². The van der Waals surface area contributed by atoms with Gasteiger partial charge in [0.15, 0.2) is 6.54 Å². The van der Waals surface area contributed by atoms with Crippen molar-refractivity contribution in [3.63, 3.8) is 0 Å². The summed E-state index contributed by atoms with van der Waals surface area (Å²) >= 11 is 1.63. The summed E-state index contributed by atoms with van der Waals surface area (Å²) in [6.45, 7) is 4.54. The van der Waals surface area contributed by atoms with Crippen molar-refractivity contribution in [3.8, 4) is 0 Å². The van der Waals surface area contributed by atoms with E-state index >= 15 is 0 Å². The Morgan fingerprint density at radius 2 is 1.71 bits per heavy atom. The molecule has 0 aliphatic carbocycles. The van der Waals surface area contributed by atoms with Gasteiger partial charge < -0.3 is 10.6 Å². The molecule has 28 heavy (non-hydrogen) atoms. The molecule has 1 aromatic heterocycles. The highest BCUT2D eigenvalue weighted by molar-refractivity contribution is 7.10. The molecule has 3 rings (SSSR count). The molecule has 2 atom stereocenters. The van der Waals surface area contributed by atoms with Gasteiger partial charge in [-0.05, 0) is 29.1 Å². The molecule has 5 heteroatoms. The third-order valence-corrected chi connectivity index (χ3v) is 5.73. The molecule has 0 radical (unpaired) electrons. The Labute approximate surface area is 169 Å². The van der Waals surface area contributed by atoms with Gasteiger partial charge in [0.25, 0.3) is 5.91 Å². The van der Waals surface area contributed by atoms with E-state index < -0.39 is 0 Å². The zero-order valence-corrected chi connectivity index (χ0v) is 17.0. The zero-order valence-electron chi connectivity index (χ0n) is 16.1. The molecular formula is C23H26FN2OS+. The first-order chi connectivity index (χ1) is 13.5. The van der Waals surface area contributed by atoms with Crippen LogP contribution in [0.15, 0.2) is 72.1 Å². The van der Waals surface area contributed by atoms with Gasteiger partial charge in [0.2, 0.25) is 0 Å². The maximum Gasteiger partial charge on any atom is 0.275 e. The molecule has 0 saturated heterocycles. The van der Waals surface area contributed by atoms with Crippen molar-refractivity contribution in [2.45, 2.75) is 25.9 Å². The van der Waals surface area contributed by atoms with Crippen LogP contribution in [0.2, 0.25) is 0 Å². The molecule has 0 fully saturated rings. The van der Waals surface area contributed by atoms with E-state index in [1.165, 1.54) is 12.1 Å². The van der Waals surface area contributed by atoms with Gasteiger partial charge in [0.05, 0.1) is 6.04 Å². The molecule has 146 valence electrons. The first kappa shape index (κ1) is 20.2. The second kappa shape index (κ2) is 9.62. The lowest BCUT2D eigenvalue weighted by Crippen LogP contribution is -2.88. The van der Waals surface area contributed by atoms with Crippen molar-refractivity contribution in [2.24, 2.45) is 5.92 Å². The molecule has 1 amide bonds. The van der Waals surface area contributed by atoms with Gasteiger partial charge in [-0.3, -0.25) is 4.79 Å². The van der Waals surface area contributed by atoms with Crippen molar-refractivity contribution < 1.29 is 14.5 Å². The van der Waals surface area contributed by atoms with E-state index in [9.17, 15) is 9.18 Å². The predicted octanol–water partition coefficient (Wildman–Crippen LogP) is 4.05. The molecule has 0 saturated carbocycles. The average molecular weight is 398 g/mol. The maximum absolute atomic E-state index is 13.2. The number of hydrogen-bond donors (Lipinski definition) is 2. The number of nitrogens with one attached hydrogen (secondary N) is 1. The van der Waals surface area contributed by atoms with Gasteiger partial charge in [-0.25, -0.2) is 4.39 Å². The quantitative estimate of drug-likeness (QED) is 0.592. The number of amides is 1. The van der Waals surface area contributed by atoms with Crippen LogP contribution in [0.1, 0.15) is 41.9 Å². The van der Waals surface area contributed by atoms with Crippen LogP contribution in [-0.2, 0) is 4.79 Å². The minimum Gasteiger partial charge on any atom is -0.339 e. The van der Waals surface area contributed by atoms with Crippen molar-refractivity contribution in [3.05, 3.63) is 93.9 Å². The highest BCUT2D eigenvalue weighted by Crippen LogP contribution is 2.25. The van der Waals surface area contributed by atoms with E-state index in [-0.39, 0.29) is 23.8 Å². The van der Waals surface area contributed by atoms with Crippen molar-refractivity contribution in [1.82, 2.24) is 5.32 Å². The average Bonchev–Trinajstić information content (AvgIpc) is 3.22. The molecule has 0 unspecified atom stereocenters. The Morgan fingerprint density at radius 1 is 1.00 bits per heavy atom. The lowest BCUT2D eigenvalue weighted by Gasteiger charge is -2.21. The van der Waals surface area contributed by atoms with Gasteiger partial charge in [0, 0.05) is 16.4 Å². The standard InChI is InChI=1S/C23H25FN2OS/c1-16(2)22(18-10-12-19(24)13-11-18)25-15-21(27)26-23(20-9-6-14-28-20)17-7-4-3-5-8-17/h3-14,16,22-23,25H,15H2,1-2H3,(H,26,27)/p+1/t22-,23-/m1/s1. The van der Waals surface area contributed by atoms with E-state index in [1.54, 1.807) is 23.5 Å². The van der Waals surface area contributed by atoms with Crippen LogP contribution in [0, 0.1) is 11.7 Å². The van der Waals surface area contributed by atoms with Crippen LogP contribution in [0.5, 0.6) is 0 Å². The minimum atomic E-state index is -0.245. The van der Waals surface area contributed by atoms with Crippen molar-refractivity contribution in [2.75, 3.05) is 6.54 Å². The van der Waals surface area contributed by atoms with Crippen LogP contribution in [0.4, 0.5) is 4.39 Å². The van der Waals surface area contributed by atoms with E-state index in [2.05, 4.69) is 19.2 Å². The van der Waals surface area contributed by atoms with Gasteiger partial charge >= 0.3 is 0 Å². The van der Waals surface area contributed by atoms with Gasteiger partial charge in [-0.2, -0.15) is 0 Å². The molecule has 0 aliphatic heterocycles. The molecule has 0 bridgehead atoms. The van der Waals surface area contributed by atoms with Crippen LogP contribution >= 0.6 is 11.3 Å². The fraction of sp³-hybridized carbons (Fsp3) is 0.261. The Kier molecular flexibility index (Phi) is 6.95. The summed E-state index contributed by atoms with van der Waals surface area (Å²) in [5.41, 5.74) is 2.10. The molecule has 3 nitrogen and oxygen atoms in total. The number of carbonyl (C=O) groups excluding carboxylic acids is 1.